The lowest BCUT2D eigenvalue weighted by Gasteiger charge is -2.09. The van der Waals surface area contributed by atoms with Gasteiger partial charge in [-0.05, 0) is 86.3 Å². The van der Waals surface area contributed by atoms with Crippen molar-refractivity contribution >= 4 is 11.4 Å². The van der Waals surface area contributed by atoms with Gasteiger partial charge in [-0.25, -0.2) is 0 Å². The van der Waals surface area contributed by atoms with Gasteiger partial charge in [0.2, 0.25) is 0 Å². The highest BCUT2D eigenvalue weighted by Crippen LogP contribution is 2.15. The van der Waals surface area contributed by atoms with E-state index in [1.54, 1.807) is 13.8 Å². The van der Waals surface area contributed by atoms with Crippen LogP contribution in [-0.4, -0.2) is 35.1 Å². The summed E-state index contributed by atoms with van der Waals surface area (Å²) < 4.78 is 11.4. The van der Waals surface area contributed by atoms with Gasteiger partial charge in [-0.1, -0.05) is 10.3 Å². The first-order valence-electron chi connectivity index (χ1n) is 8.48. The van der Waals surface area contributed by atoms with Gasteiger partial charge in [0, 0.05) is 0 Å². The maximum atomic E-state index is 8.74. The number of rotatable bonds is 9. The van der Waals surface area contributed by atoms with E-state index < -0.39 is 0 Å². The molecule has 2 N–H and O–H groups in total. The van der Waals surface area contributed by atoms with Crippen molar-refractivity contribution in [2.24, 2.45) is 10.3 Å². The zero-order valence-corrected chi connectivity index (χ0v) is 15.1. The van der Waals surface area contributed by atoms with Gasteiger partial charge in [0.15, 0.2) is 0 Å². The summed E-state index contributed by atoms with van der Waals surface area (Å²) in [5.41, 5.74) is 2.86. The van der Waals surface area contributed by atoms with Crippen molar-refractivity contribution in [1.82, 2.24) is 0 Å². The van der Waals surface area contributed by atoms with Crippen LogP contribution in [0.5, 0.6) is 11.5 Å². The first kappa shape index (κ1) is 19.3. The topological polar surface area (TPSA) is 83.6 Å². The molecule has 0 aromatic heterocycles. The monoisotopic (exact) mass is 356 g/mol. The maximum Gasteiger partial charge on any atom is 0.119 e. The van der Waals surface area contributed by atoms with Crippen LogP contribution in [0.4, 0.5) is 0 Å². The summed E-state index contributed by atoms with van der Waals surface area (Å²) in [6.45, 7) is 4.71. The third-order valence-corrected chi connectivity index (χ3v) is 3.92. The Balaban J connectivity index is 1.65. The van der Waals surface area contributed by atoms with Gasteiger partial charge in [-0.3, -0.25) is 0 Å². The first-order valence-corrected chi connectivity index (χ1v) is 8.48. The smallest absolute Gasteiger partial charge is 0.119 e. The molecule has 0 saturated carbocycles. The van der Waals surface area contributed by atoms with Crippen LogP contribution in [0.2, 0.25) is 0 Å². The molecular formula is C20H24N2O4. The number of oxime groups is 2. The van der Waals surface area contributed by atoms with Crippen molar-refractivity contribution in [2.45, 2.75) is 26.7 Å². The second kappa shape index (κ2) is 10.1. The quantitative estimate of drug-likeness (QED) is 0.303. The van der Waals surface area contributed by atoms with Crippen LogP contribution in [-0.2, 0) is 0 Å². The molecule has 0 radical (unpaired) electrons. The fourth-order valence-electron chi connectivity index (χ4n) is 2.28. The molecule has 0 bridgehead atoms. The van der Waals surface area contributed by atoms with Crippen molar-refractivity contribution in [2.75, 3.05) is 13.2 Å². The lowest BCUT2D eigenvalue weighted by Crippen LogP contribution is -2.03. The van der Waals surface area contributed by atoms with E-state index in [-0.39, 0.29) is 0 Å². The summed E-state index contributed by atoms with van der Waals surface area (Å²) in [5, 5.41) is 23.8. The number of benzene rings is 2. The number of nitrogens with zero attached hydrogens (tertiary/aromatic N) is 2. The summed E-state index contributed by atoms with van der Waals surface area (Å²) in [7, 11) is 0. The highest BCUT2D eigenvalue weighted by Gasteiger charge is 2.01. The number of unbranched alkanes of at least 4 members (excludes halogenated alkanes) is 1. The summed E-state index contributed by atoms with van der Waals surface area (Å²) >= 11 is 0. The van der Waals surface area contributed by atoms with Crippen molar-refractivity contribution < 1.29 is 19.9 Å². The van der Waals surface area contributed by atoms with Crippen molar-refractivity contribution in [3.8, 4) is 11.5 Å². The lowest BCUT2D eigenvalue weighted by atomic mass is 10.1. The highest BCUT2D eigenvalue weighted by atomic mass is 16.5. The Hall–Kier alpha value is -3.02. The molecule has 0 unspecified atom stereocenters. The molecule has 6 nitrogen and oxygen atoms in total. The minimum atomic E-state index is 0.570. The Bertz CT molecular complexity index is 672. The third kappa shape index (κ3) is 5.81. The summed E-state index contributed by atoms with van der Waals surface area (Å²) in [4.78, 5) is 0. The SMILES string of the molecule is C/C(=N/O)c1ccc(OCCCCOc2ccc(/C(C)=N/O)cc2)cc1. The molecule has 0 spiro atoms. The van der Waals surface area contributed by atoms with Crippen molar-refractivity contribution in [1.29, 1.82) is 0 Å². The Labute approximate surface area is 153 Å². The van der Waals surface area contributed by atoms with E-state index in [9.17, 15) is 0 Å². The Morgan fingerprint density at radius 3 is 1.35 bits per heavy atom. The van der Waals surface area contributed by atoms with Gasteiger partial charge >= 0.3 is 0 Å². The van der Waals surface area contributed by atoms with Crippen LogP contribution >= 0.6 is 0 Å². The zero-order chi connectivity index (χ0) is 18.8. The lowest BCUT2D eigenvalue weighted by molar-refractivity contribution is 0.266. The molecule has 2 aromatic rings. The Morgan fingerprint density at radius 2 is 1.04 bits per heavy atom. The van der Waals surface area contributed by atoms with Crippen LogP contribution in [0.1, 0.15) is 37.8 Å². The van der Waals surface area contributed by atoms with Crippen molar-refractivity contribution in [3.05, 3.63) is 59.7 Å². The van der Waals surface area contributed by atoms with Crippen LogP contribution in [0, 0.1) is 0 Å². The average Bonchev–Trinajstić information content (AvgIpc) is 2.70. The van der Waals surface area contributed by atoms with E-state index in [0.29, 0.717) is 24.6 Å². The molecule has 2 aromatic carbocycles. The molecule has 0 heterocycles. The summed E-state index contributed by atoms with van der Waals surface area (Å²) in [5.74, 6) is 1.58. The van der Waals surface area contributed by atoms with Crippen LogP contribution < -0.4 is 9.47 Å². The molecule has 0 aliphatic heterocycles. The molecule has 6 heteroatoms. The van der Waals surface area contributed by atoms with E-state index in [4.69, 9.17) is 19.9 Å². The minimum absolute atomic E-state index is 0.570. The average molecular weight is 356 g/mol. The van der Waals surface area contributed by atoms with Gasteiger partial charge in [-0.15, -0.1) is 0 Å². The van der Waals surface area contributed by atoms with Crippen LogP contribution in [0.15, 0.2) is 58.8 Å². The largest absolute Gasteiger partial charge is 0.494 e. The molecule has 0 aliphatic carbocycles. The second-order valence-corrected chi connectivity index (χ2v) is 5.82. The van der Waals surface area contributed by atoms with Gasteiger partial charge in [0.05, 0.1) is 24.6 Å². The van der Waals surface area contributed by atoms with E-state index in [1.165, 1.54) is 0 Å². The van der Waals surface area contributed by atoms with E-state index in [1.807, 2.05) is 48.5 Å². The first-order chi connectivity index (χ1) is 12.6. The molecule has 0 fully saturated rings. The molecule has 0 aliphatic rings. The summed E-state index contributed by atoms with van der Waals surface area (Å²) in [6.07, 6.45) is 1.76. The Kier molecular flexibility index (Phi) is 7.49. The summed E-state index contributed by atoms with van der Waals surface area (Å²) in [6, 6.07) is 14.9. The second-order valence-electron chi connectivity index (χ2n) is 5.82. The van der Waals surface area contributed by atoms with Crippen LogP contribution in [0.25, 0.3) is 0 Å². The van der Waals surface area contributed by atoms with Gasteiger partial charge < -0.3 is 19.9 Å². The highest BCUT2D eigenvalue weighted by molar-refractivity contribution is 5.98. The van der Waals surface area contributed by atoms with Gasteiger partial charge in [0.25, 0.3) is 0 Å². The fraction of sp³-hybridized carbons (Fsp3) is 0.300. The normalized spacial score (nSPS) is 12.1. The predicted molar refractivity (Wildman–Crippen MR) is 101 cm³/mol. The molecule has 2 rings (SSSR count). The standard InChI is InChI=1S/C20H24N2O4/c1-15(21-23)17-5-9-19(10-6-17)25-13-3-4-14-26-20-11-7-18(8-12-20)16(2)22-24/h5-12,23-24H,3-4,13-14H2,1-2H3/b21-15-,22-16+. The molecule has 0 atom stereocenters. The predicted octanol–water partition coefficient (Wildman–Crippen LogP) is 4.32. The molecule has 0 saturated heterocycles. The van der Waals surface area contributed by atoms with E-state index in [2.05, 4.69) is 10.3 Å². The molecular weight excluding hydrogens is 332 g/mol. The molecule has 138 valence electrons. The number of hydrogen-bond donors (Lipinski definition) is 2. The van der Waals surface area contributed by atoms with Crippen LogP contribution in [0.3, 0.4) is 0 Å². The molecule has 26 heavy (non-hydrogen) atoms. The molecule has 0 amide bonds. The van der Waals surface area contributed by atoms with E-state index >= 15 is 0 Å². The fourth-order valence-corrected chi connectivity index (χ4v) is 2.28. The third-order valence-electron chi connectivity index (χ3n) is 3.92. The van der Waals surface area contributed by atoms with Gasteiger partial charge in [-0.2, -0.15) is 0 Å². The number of hydrogen-bond acceptors (Lipinski definition) is 6. The maximum absolute atomic E-state index is 8.74. The van der Waals surface area contributed by atoms with Gasteiger partial charge in [0.1, 0.15) is 11.5 Å². The number of ether oxygens (including phenoxy) is 2. The zero-order valence-electron chi connectivity index (χ0n) is 15.1. The Morgan fingerprint density at radius 1 is 0.692 bits per heavy atom. The van der Waals surface area contributed by atoms with Crippen molar-refractivity contribution in [3.63, 3.8) is 0 Å². The minimum Gasteiger partial charge on any atom is -0.494 e. The van der Waals surface area contributed by atoms with E-state index in [0.717, 1.165) is 35.5 Å².